The lowest BCUT2D eigenvalue weighted by atomic mass is 9.81. The van der Waals surface area contributed by atoms with Gasteiger partial charge in [-0.15, -0.1) is 0 Å². The number of fused-ring (bicyclic) bond motifs is 1. The van der Waals surface area contributed by atoms with Crippen molar-refractivity contribution in [3.05, 3.63) is 23.8 Å². The molecule has 4 amide bonds. The monoisotopic (exact) mass is 348 g/mol. The van der Waals surface area contributed by atoms with Crippen molar-refractivity contribution in [3.63, 3.8) is 0 Å². The summed E-state index contributed by atoms with van der Waals surface area (Å²) in [6, 6.07) is 4.78. The van der Waals surface area contributed by atoms with Crippen LogP contribution < -0.4 is 20.1 Å². The van der Waals surface area contributed by atoms with Crippen molar-refractivity contribution >= 4 is 12.1 Å². The average molecular weight is 348 g/mol. The number of amides is 4. The number of benzene rings is 1. The van der Waals surface area contributed by atoms with E-state index in [4.69, 9.17) is 9.47 Å². The lowest BCUT2D eigenvalue weighted by molar-refractivity contribution is 0.0241. The second kappa shape index (κ2) is 6.34. The predicted octanol–water partition coefficient (Wildman–Crippen LogP) is 1.39. The topological polar surface area (TPSA) is 83.1 Å². The van der Waals surface area contributed by atoms with Gasteiger partial charge in [0.25, 0.3) is 0 Å². The molecule has 0 aromatic heterocycles. The molecule has 1 aromatic carbocycles. The van der Waals surface area contributed by atoms with Crippen molar-refractivity contribution in [2.75, 3.05) is 28.3 Å². The number of hydrogen-bond donors (Lipinski definition) is 2. The molecule has 0 unspecified atom stereocenters. The number of ether oxygens (including phenoxy) is 2. The van der Waals surface area contributed by atoms with Crippen LogP contribution in [0.15, 0.2) is 18.2 Å². The first kappa shape index (κ1) is 17.2. The van der Waals surface area contributed by atoms with Crippen LogP contribution in [0.1, 0.15) is 18.5 Å². The van der Waals surface area contributed by atoms with Crippen LogP contribution in [0.3, 0.4) is 0 Å². The fraction of sp³-hybridized carbons (Fsp3) is 0.529. The van der Waals surface area contributed by atoms with E-state index in [9.17, 15) is 9.59 Å². The Labute approximate surface area is 147 Å². The first-order valence-corrected chi connectivity index (χ1v) is 8.17. The quantitative estimate of drug-likeness (QED) is 0.865. The molecule has 136 valence electrons. The molecule has 2 heterocycles. The Morgan fingerprint density at radius 1 is 1.00 bits per heavy atom. The largest absolute Gasteiger partial charge is 0.497 e. The van der Waals surface area contributed by atoms with E-state index >= 15 is 0 Å². The number of rotatable bonds is 3. The van der Waals surface area contributed by atoms with Crippen molar-refractivity contribution in [2.45, 2.75) is 25.2 Å². The zero-order chi connectivity index (χ0) is 18.3. The summed E-state index contributed by atoms with van der Waals surface area (Å²) in [6.45, 7) is 1.96. The number of nitrogens with one attached hydrogen (secondary N) is 2. The van der Waals surface area contributed by atoms with Crippen molar-refractivity contribution in [3.8, 4) is 11.5 Å². The van der Waals surface area contributed by atoms with Crippen LogP contribution in [0, 0.1) is 5.92 Å². The summed E-state index contributed by atoms with van der Waals surface area (Å²) in [6.07, 6.45) is -0.385. The maximum atomic E-state index is 12.5. The first-order valence-electron chi connectivity index (χ1n) is 8.17. The second-order valence-corrected chi connectivity index (χ2v) is 6.48. The molecule has 4 atom stereocenters. The molecule has 2 aliphatic heterocycles. The summed E-state index contributed by atoms with van der Waals surface area (Å²) in [5, 5.41) is 5.89. The molecule has 0 spiro atoms. The zero-order valence-corrected chi connectivity index (χ0v) is 15.1. The lowest BCUT2D eigenvalue weighted by Gasteiger charge is -2.52. The van der Waals surface area contributed by atoms with Crippen molar-refractivity contribution < 1.29 is 19.1 Å². The highest BCUT2D eigenvalue weighted by molar-refractivity contribution is 5.80. The molecule has 25 heavy (non-hydrogen) atoms. The zero-order valence-electron chi connectivity index (χ0n) is 15.1. The minimum atomic E-state index is -0.385. The van der Waals surface area contributed by atoms with Gasteiger partial charge in [0.1, 0.15) is 17.7 Å². The van der Waals surface area contributed by atoms with Crippen LogP contribution in [-0.2, 0) is 0 Å². The van der Waals surface area contributed by atoms with E-state index in [1.165, 1.54) is 0 Å². The van der Waals surface area contributed by atoms with Crippen molar-refractivity contribution in [1.82, 2.24) is 20.4 Å². The van der Waals surface area contributed by atoms with Gasteiger partial charge in [0, 0.05) is 37.7 Å². The number of nitrogens with zero attached hydrogens (tertiary/aromatic N) is 2. The molecule has 0 radical (unpaired) electrons. The van der Waals surface area contributed by atoms with Crippen LogP contribution in [-0.4, -0.2) is 62.4 Å². The van der Waals surface area contributed by atoms with Gasteiger partial charge >= 0.3 is 12.1 Å². The van der Waals surface area contributed by atoms with Crippen LogP contribution >= 0.6 is 0 Å². The van der Waals surface area contributed by atoms with E-state index < -0.39 is 0 Å². The fourth-order valence-electron chi connectivity index (χ4n) is 3.78. The molecule has 0 saturated carbocycles. The highest BCUT2D eigenvalue weighted by atomic mass is 16.5. The SMILES string of the molecule is COc1ccc([C@@H]2[C@H]3[C@@H](C)NC(=O)N(C)[C@H]3NC(=O)N2C)c(OC)c1. The smallest absolute Gasteiger partial charge is 0.319 e. The molecule has 2 saturated heterocycles. The maximum Gasteiger partial charge on any atom is 0.319 e. The fourth-order valence-corrected chi connectivity index (χ4v) is 3.78. The van der Waals surface area contributed by atoms with Gasteiger partial charge in [-0.2, -0.15) is 0 Å². The van der Waals surface area contributed by atoms with Crippen LogP contribution in [0.4, 0.5) is 9.59 Å². The van der Waals surface area contributed by atoms with Crippen molar-refractivity contribution in [1.29, 1.82) is 0 Å². The first-order chi connectivity index (χ1) is 11.9. The van der Waals surface area contributed by atoms with Gasteiger partial charge in [0.05, 0.1) is 20.3 Å². The normalized spacial score (nSPS) is 28.8. The summed E-state index contributed by atoms with van der Waals surface area (Å²) < 4.78 is 10.8. The van der Waals surface area contributed by atoms with E-state index in [0.29, 0.717) is 11.5 Å². The third kappa shape index (κ3) is 2.71. The standard InChI is InChI=1S/C17H24N4O4/c1-9-13-14(11-7-6-10(24-4)8-12(11)25-5)20(2)17(23)19-15(13)21(3)16(22)18-9/h6-9,13-15H,1-5H3,(H,18,22)(H,19,23)/t9-,13-,14-,15-/m1/s1. The van der Waals surface area contributed by atoms with Gasteiger partial charge in [-0.25, -0.2) is 9.59 Å². The number of urea groups is 2. The molecule has 1 aromatic rings. The van der Waals surface area contributed by atoms with Gasteiger partial charge in [0.15, 0.2) is 0 Å². The molecule has 2 N–H and O–H groups in total. The van der Waals surface area contributed by atoms with E-state index in [-0.39, 0.29) is 36.2 Å². The Bertz CT molecular complexity index is 695. The second-order valence-electron chi connectivity index (χ2n) is 6.48. The van der Waals surface area contributed by atoms with E-state index in [0.717, 1.165) is 5.56 Å². The molecular weight excluding hydrogens is 324 g/mol. The molecule has 0 bridgehead atoms. The van der Waals surface area contributed by atoms with Crippen LogP contribution in [0.5, 0.6) is 11.5 Å². The third-order valence-electron chi connectivity index (χ3n) is 5.16. The maximum absolute atomic E-state index is 12.5. The number of carbonyl (C=O) groups is 2. The summed E-state index contributed by atoms with van der Waals surface area (Å²) in [4.78, 5) is 27.8. The summed E-state index contributed by atoms with van der Waals surface area (Å²) in [7, 11) is 6.63. The molecule has 8 heteroatoms. The number of methoxy groups -OCH3 is 2. The molecule has 3 rings (SSSR count). The average Bonchev–Trinajstić information content (AvgIpc) is 2.61. The van der Waals surface area contributed by atoms with Gasteiger partial charge in [-0.3, -0.25) is 0 Å². The Kier molecular flexibility index (Phi) is 4.36. The van der Waals surface area contributed by atoms with E-state index in [1.807, 2.05) is 19.1 Å². The van der Waals surface area contributed by atoms with Gasteiger partial charge < -0.3 is 29.9 Å². The number of hydrogen-bond acceptors (Lipinski definition) is 4. The minimum absolute atomic E-state index is 0.0484. The van der Waals surface area contributed by atoms with Crippen LogP contribution in [0.2, 0.25) is 0 Å². The summed E-state index contributed by atoms with van der Waals surface area (Å²) in [5.41, 5.74) is 0.882. The summed E-state index contributed by atoms with van der Waals surface area (Å²) in [5.74, 6) is 1.28. The Morgan fingerprint density at radius 2 is 1.68 bits per heavy atom. The van der Waals surface area contributed by atoms with E-state index in [2.05, 4.69) is 10.6 Å². The molecule has 2 fully saturated rings. The lowest BCUT2D eigenvalue weighted by Crippen LogP contribution is -2.71. The molecular formula is C17H24N4O4. The minimum Gasteiger partial charge on any atom is -0.497 e. The van der Waals surface area contributed by atoms with Crippen LogP contribution in [0.25, 0.3) is 0 Å². The Morgan fingerprint density at radius 3 is 2.32 bits per heavy atom. The van der Waals surface area contributed by atoms with Crippen molar-refractivity contribution in [2.24, 2.45) is 5.92 Å². The third-order valence-corrected chi connectivity index (χ3v) is 5.16. The van der Waals surface area contributed by atoms with Gasteiger partial charge in [0.2, 0.25) is 0 Å². The highest BCUT2D eigenvalue weighted by Crippen LogP contribution is 2.42. The molecule has 0 aliphatic carbocycles. The molecule has 2 aliphatic rings. The Balaban J connectivity index is 2.09. The number of carbonyl (C=O) groups excluding carboxylic acids is 2. The van der Waals surface area contributed by atoms with E-state index in [1.54, 1.807) is 44.2 Å². The summed E-state index contributed by atoms with van der Waals surface area (Å²) >= 11 is 0. The predicted molar refractivity (Wildman–Crippen MR) is 91.6 cm³/mol. The van der Waals surface area contributed by atoms with Gasteiger partial charge in [-0.05, 0) is 19.1 Å². The van der Waals surface area contributed by atoms with Gasteiger partial charge in [-0.1, -0.05) is 0 Å². The Hall–Kier alpha value is -2.64. The highest BCUT2D eigenvalue weighted by Gasteiger charge is 2.50. The molecule has 8 nitrogen and oxygen atoms in total.